The Labute approximate surface area is 95.2 Å². The third-order valence-electron chi connectivity index (χ3n) is 3.43. The lowest BCUT2D eigenvalue weighted by molar-refractivity contribution is -0.177. The maximum absolute atomic E-state index is 12.7. The first-order chi connectivity index (χ1) is 7.32. The first-order valence-corrected chi connectivity index (χ1v) is 5.84. The van der Waals surface area contributed by atoms with Gasteiger partial charge in [0.25, 0.3) is 0 Å². The second-order valence-electron chi connectivity index (χ2n) is 4.92. The van der Waals surface area contributed by atoms with Crippen LogP contribution in [-0.4, -0.2) is 43.3 Å². The predicted molar refractivity (Wildman–Crippen MR) is 58.3 cm³/mol. The van der Waals surface area contributed by atoms with Crippen LogP contribution in [0.25, 0.3) is 0 Å². The molecule has 1 saturated heterocycles. The summed E-state index contributed by atoms with van der Waals surface area (Å²) in [5.41, 5.74) is 0. The molecular formula is C11H21F3N2. The van der Waals surface area contributed by atoms with E-state index in [0.29, 0.717) is 19.0 Å². The van der Waals surface area contributed by atoms with Gasteiger partial charge in [0.05, 0.1) is 5.92 Å². The number of nitrogens with one attached hydrogen (secondary N) is 1. The third-order valence-corrected chi connectivity index (χ3v) is 3.43. The Kier molecular flexibility index (Phi) is 4.62. The van der Waals surface area contributed by atoms with Crippen molar-refractivity contribution in [1.29, 1.82) is 0 Å². The molecule has 96 valence electrons. The fourth-order valence-corrected chi connectivity index (χ4v) is 1.95. The summed E-state index contributed by atoms with van der Waals surface area (Å²) in [5.74, 6) is -0.858. The van der Waals surface area contributed by atoms with Crippen molar-refractivity contribution in [1.82, 2.24) is 10.2 Å². The number of hydrogen-bond donors (Lipinski definition) is 1. The average molecular weight is 238 g/mol. The summed E-state index contributed by atoms with van der Waals surface area (Å²) in [6.07, 6.45) is -4.09. The average Bonchev–Trinajstić information content (AvgIpc) is 2.40. The van der Waals surface area contributed by atoms with Crippen LogP contribution in [0.15, 0.2) is 0 Å². The van der Waals surface area contributed by atoms with Gasteiger partial charge in [-0.05, 0) is 12.8 Å². The van der Waals surface area contributed by atoms with Crippen molar-refractivity contribution in [2.75, 3.05) is 26.2 Å². The second kappa shape index (κ2) is 5.36. The minimum atomic E-state index is -4.09. The molecule has 0 aromatic carbocycles. The SMILES string of the molecule is CC(C)C(C)N1CCNCC(C(F)(F)F)C1. The van der Waals surface area contributed by atoms with E-state index in [1.807, 2.05) is 25.7 Å². The molecule has 0 amide bonds. The van der Waals surface area contributed by atoms with E-state index in [-0.39, 0.29) is 19.1 Å². The summed E-state index contributed by atoms with van der Waals surface area (Å²) in [6, 6.07) is 0.199. The van der Waals surface area contributed by atoms with Crippen LogP contribution in [0.5, 0.6) is 0 Å². The zero-order chi connectivity index (χ0) is 12.3. The standard InChI is InChI=1S/C11H21F3N2/c1-8(2)9(3)16-5-4-15-6-10(7-16)11(12,13)14/h8-10,15H,4-7H2,1-3H3. The van der Waals surface area contributed by atoms with Crippen LogP contribution < -0.4 is 5.32 Å². The van der Waals surface area contributed by atoms with E-state index < -0.39 is 12.1 Å². The van der Waals surface area contributed by atoms with Gasteiger partial charge in [0.15, 0.2) is 0 Å². The molecular weight excluding hydrogens is 217 g/mol. The summed E-state index contributed by atoms with van der Waals surface area (Å²) in [5, 5.41) is 2.87. The van der Waals surface area contributed by atoms with Crippen molar-refractivity contribution < 1.29 is 13.2 Å². The van der Waals surface area contributed by atoms with E-state index in [4.69, 9.17) is 0 Å². The molecule has 1 fully saturated rings. The van der Waals surface area contributed by atoms with E-state index in [9.17, 15) is 13.2 Å². The van der Waals surface area contributed by atoms with E-state index in [0.717, 1.165) is 0 Å². The Morgan fingerprint density at radius 2 is 1.88 bits per heavy atom. The molecule has 1 aliphatic heterocycles. The number of halogens is 3. The molecule has 2 unspecified atom stereocenters. The number of hydrogen-bond acceptors (Lipinski definition) is 2. The summed E-state index contributed by atoms with van der Waals surface area (Å²) in [6.45, 7) is 7.61. The van der Waals surface area contributed by atoms with Gasteiger partial charge in [-0.3, -0.25) is 4.90 Å². The smallest absolute Gasteiger partial charge is 0.315 e. The quantitative estimate of drug-likeness (QED) is 0.792. The molecule has 0 aliphatic carbocycles. The highest BCUT2D eigenvalue weighted by Gasteiger charge is 2.41. The van der Waals surface area contributed by atoms with Crippen LogP contribution in [0.3, 0.4) is 0 Å². The predicted octanol–water partition coefficient (Wildman–Crippen LogP) is 2.11. The summed E-state index contributed by atoms with van der Waals surface area (Å²) < 4.78 is 38.1. The number of rotatable bonds is 2. The van der Waals surface area contributed by atoms with Gasteiger partial charge in [0, 0.05) is 32.2 Å². The topological polar surface area (TPSA) is 15.3 Å². The van der Waals surface area contributed by atoms with E-state index in [2.05, 4.69) is 5.32 Å². The van der Waals surface area contributed by atoms with Crippen LogP contribution >= 0.6 is 0 Å². The van der Waals surface area contributed by atoms with Crippen molar-refractivity contribution in [3.8, 4) is 0 Å². The molecule has 1 aliphatic rings. The highest BCUT2D eigenvalue weighted by atomic mass is 19.4. The van der Waals surface area contributed by atoms with Crippen molar-refractivity contribution in [3.63, 3.8) is 0 Å². The molecule has 2 atom stereocenters. The summed E-state index contributed by atoms with van der Waals surface area (Å²) in [7, 11) is 0. The molecule has 0 aromatic rings. The lowest BCUT2D eigenvalue weighted by atomic mass is 10.0. The molecule has 5 heteroatoms. The molecule has 1 heterocycles. The van der Waals surface area contributed by atoms with Crippen LogP contribution in [-0.2, 0) is 0 Å². The van der Waals surface area contributed by atoms with Crippen LogP contribution in [0.2, 0.25) is 0 Å². The molecule has 16 heavy (non-hydrogen) atoms. The number of nitrogens with zero attached hydrogens (tertiary/aromatic N) is 1. The molecule has 1 N–H and O–H groups in total. The van der Waals surface area contributed by atoms with Crippen LogP contribution in [0.1, 0.15) is 20.8 Å². The van der Waals surface area contributed by atoms with Gasteiger partial charge >= 0.3 is 6.18 Å². The Hall–Kier alpha value is -0.290. The van der Waals surface area contributed by atoms with Gasteiger partial charge in [-0.1, -0.05) is 13.8 Å². The minimum Gasteiger partial charge on any atom is -0.315 e. The van der Waals surface area contributed by atoms with E-state index in [1.165, 1.54) is 0 Å². The monoisotopic (exact) mass is 238 g/mol. The van der Waals surface area contributed by atoms with E-state index in [1.54, 1.807) is 0 Å². The summed E-state index contributed by atoms with van der Waals surface area (Å²) in [4.78, 5) is 1.95. The lowest BCUT2D eigenvalue weighted by Gasteiger charge is -2.32. The minimum absolute atomic E-state index is 0.0464. The molecule has 0 radical (unpaired) electrons. The molecule has 0 saturated carbocycles. The first kappa shape index (κ1) is 13.8. The molecule has 0 bridgehead atoms. The van der Waals surface area contributed by atoms with Crippen LogP contribution in [0, 0.1) is 11.8 Å². The van der Waals surface area contributed by atoms with E-state index >= 15 is 0 Å². The molecule has 0 aromatic heterocycles. The Bertz CT molecular complexity index is 216. The highest BCUT2D eigenvalue weighted by Crippen LogP contribution is 2.28. The largest absolute Gasteiger partial charge is 0.394 e. The van der Waals surface area contributed by atoms with Gasteiger partial charge in [-0.15, -0.1) is 0 Å². The van der Waals surface area contributed by atoms with Gasteiger partial charge in [-0.25, -0.2) is 0 Å². The Balaban J connectivity index is 2.66. The zero-order valence-corrected chi connectivity index (χ0v) is 10.1. The van der Waals surface area contributed by atoms with Crippen LogP contribution in [0.4, 0.5) is 13.2 Å². The maximum Gasteiger partial charge on any atom is 0.394 e. The summed E-state index contributed by atoms with van der Waals surface area (Å²) >= 11 is 0. The Morgan fingerprint density at radius 3 is 2.38 bits per heavy atom. The Morgan fingerprint density at radius 1 is 1.25 bits per heavy atom. The van der Waals surface area contributed by atoms with Crippen molar-refractivity contribution >= 4 is 0 Å². The number of alkyl halides is 3. The molecule has 2 nitrogen and oxygen atoms in total. The zero-order valence-electron chi connectivity index (χ0n) is 10.1. The first-order valence-electron chi connectivity index (χ1n) is 5.84. The second-order valence-corrected chi connectivity index (χ2v) is 4.92. The van der Waals surface area contributed by atoms with Gasteiger partial charge in [0.1, 0.15) is 0 Å². The van der Waals surface area contributed by atoms with Gasteiger partial charge in [-0.2, -0.15) is 13.2 Å². The fraction of sp³-hybridized carbons (Fsp3) is 1.00. The highest BCUT2D eigenvalue weighted by molar-refractivity contribution is 4.82. The van der Waals surface area contributed by atoms with Crippen molar-refractivity contribution in [2.24, 2.45) is 11.8 Å². The third kappa shape index (κ3) is 3.63. The molecule has 1 rings (SSSR count). The fourth-order valence-electron chi connectivity index (χ4n) is 1.95. The van der Waals surface area contributed by atoms with Gasteiger partial charge in [0.2, 0.25) is 0 Å². The normalized spacial score (nSPS) is 26.8. The van der Waals surface area contributed by atoms with Crippen molar-refractivity contribution in [3.05, 3.63) is 0 Å². The van der Waals surface area contributed by atoms with Gasteiger partial charge < -0.3 is 5.32 Å². The van der Waals surface area contributed by atoms with Crippen molar-refractivity contribution in [2.45, 2.75) is 33.0 Å². The maximum atomic E-state index is 12.7. The lowest BCUT2D eigenvalue weighted by Crippen LogP contribution is -2.43. The molecule has 0 spiro atoms.